The number of anilines is 1. The highest BCUT2D eigenvalue weighted by Crippen LogP contribution is 2.33. The van der Waals surface area contributed by atoms with E-state index in [0.29, 0.717) is 5.01 Å². The van der Waals surface area contributed by atoms with E-state index in [1.54, 1.807) is 11.6 Å². The van der Waals surface area contributed by atoms with Gasteiger partial charge >= 0.3 is 0 Å². The number of amides is 2. The zero-order chi connectivity index (χ0) is 13.4. The second kappa shape index (κ2) is 4.47. The summed E-state index contributed by atoms with van der Waals surface area (Å²) in [5, 5.41) is 8.58. The number of thiazole rings is 1. The van der Waals surface area contributed by atoms with Crippen LogP contribution in [0.4, 0.5) is 5.88 Å². The minimum absolute atomic E-state index is 0.00500. The molecule has 0 atom stereocenters. The molecule has 3 N–H and O–H groups in total. The van der Waals surface area contributed by atoms with Crippen LogP contribution in [0, 0.1) is 5.92 Å². The number of nitrogens with zero attached hydrogens (tertiary/aromatic N) is 2. The third kappa shape index (κ3) is 2.22. The van der Waals surface area contributed by atoms with Crippen molar-refractivity contribution in [2.75, 3.05) is 5.32 Å². The Bertz CT molecular complexity index is 630. The molecule has 2 heterocycles. The highest BCUT2D eigenvalue weighted by Gasteiger charge is 2.32. The fourth-order valence-corrected chi connectivity index (χ4v) is 2.27. The first kappa shape index (κ1) is 11.8. The number of aromatic nitrogens is 2. The third-order valence-electron chi connectivity index (χ3n) is 2.76. The van der Waals surface area contributed by atoms with Gasteiger partial charge in [0.25, 0.3) is 5.91 Å². The van der Waals surface area contributed by atoms with Gasteiger partial charge in [-0.1, -0.05) is 5.16 Å². The van der Waals surface area contributed by atoms with Gasteiger partial charge in [0, 0.05) is 17.5 Å². The van der Waals surface area contributed by atoms with Gasteiger partial charge < -0.3 is 10.3 Å². The number of hydrogen-bond acceptors (Lipinski definition) is 6. The Labute approximate surface area is 111 Å². The van der Waals surface area contributed by atoms with E-state index in [-0.39, 0.29) is 29.0 Å². The molecule has 1 saturated carbocycles. The molecule has 0 aromatic carbocycles. The molecular weight excluding hydrogens is 268 g/mol. The summed E-state index contributed by atoms with van der Waals surface area (Å²) in [4.78, 5) is 27.2. The van der Waals surface area contributed by atoms with Gasteiger partial charge in [0.1, 0.15) is 10.6 Å². The van der Waals surface area contributed by atoms with Crippen molar-refractivity contribution in [1.82, 2.24) is 10.1 Å². The van der Waals surface area contributed by atoms with Gasteiger partial charge in [0.15, 0.2) is 5.69 Å². The molecule has 1 aliphatic rings. The Kier molecular flexibility index (Phi) is 2.79. The number of nitrogens with one attached hydrogen (secondary N) is 1. The summed E-state index contributed by atoms with van der Waals surface area (Å²) >= 11 is 1.30. The second-order valence-corrected chi connectivity index (χ2v) is 5.09. The third-order valence-corrected chi connectivity index (χ3v) is 3.54. The van der Waals surface area contributed by atoms with Crippen LogP contribution in [-0.4, -0.2) is 22.0 Å². The molecule has 0 spiro atoms. The van der Waals surface area contributed by atoms with Crippen LogP contribution in [0.15, 0.2) is 16.1 Å². The molecule has 7 nitrogen and oxygen atoms in total. The van der Waals surface area contributed by atoms with E-state index < -0.39 is 5.91 Å². The quantitative estimate of drug-likeness (QED) is 0.874. The molecule has 0 aliphatic heterocycles. The summed E-state index contributed by atoms with van der Waals surface area (Å²) in [7, 11) is 0. The molecule has 1 aliphatic carbocycles. The maximum Gasteiger partial charge on any atom is 0.256 e. The highest BCUT2D eigenvalue weighted by molar-refractivity contribution is 7.13. The molecule has 8 heteroatoms. The Hall–Kier alpha value is -2.22. The maximum absolute atomic E-state index is 11.7. The summed E-state index contributed by atoms with van der Waals surface area (Å²) in [5.74, 6) is -0.898. The van der Waals surface area contributed by atoms with Crippen LogP contribution in [0.2, 0.25) is 0 Å². The lowest BCUT2D eigenvalue weighted by molar-refractivity contribution is -0.117. The molecule has 0 bridgehead atoms. The van der Waals surface area contributed by atoms with Crippen molar-refractivity contribution in [3.05, 3.63) is 17.1 Å². The van der Waals surface area contributed by atoms with Crippen molar-refractivity contribution in [2.45, 2.75) is 12.8 Å². The zero-order valence-electron chi connectivity index (χ0n) is 9.75. The summed E-state index contributed by atoms with van der Waals surface area (Å²) in [5.41, 5.74) is 5.64. The SMILES string of the molecule is NC(=O)c1c(-c2nccs2)noc1NC(=O)C1CC1. The summed E-state index contributed by atoms with van der Waals surface area (Å²) < 4.78 is 5.01. The monoisotopic (exact) mass is 278 g/mol. The molecule has 19 heavy (non-hydrogen) atoms. The normalized spacial score (nSPS) is 14.3. The van der Waals surface area contributed by atoms with Crippen molar-refractivity contribution in [2.24, 2.45) is 11.7 Å². The molecule has 2 aromatic heterocycles. The number of nitrogens with two attached hydrogens (primary N) is 1. The zero-order valence-corrected chi connectivity index (χ0v) is 10.6. The Morgan fingerprint density at radius 1 is 1.47 bits per heavy atom. The van der Waals surface area contributed by atoms with Gasteiger partial charge in [-0.25, -0.2) is 4.98 Å². The van der Waals surface area contributed by atoms with Crippen LogP contribution < -0.4 is 11.1 Å². The molecule has 3 rings (SSSR count). The van der Waals surface area contributed by atoms with Crippen LogP contribution in [0.3, 0.4) is 0 Å². The minimum atomic E-state index is -0.711. The van der Waals surface area contributed by atoms with Crippen molar-refractivity contribution in [3.8, 4) is 10.7 Å². The fraction of sp³-hybridized carbons (Fsp3) is 0.273. The predicted molar refractivity (Wildman–Crippen MR) is 67.5 cm³/mol. The van der Waals surface area contributed by atoms with E-state index in [0.717, 1.165) is 12.8 Å². The molecule has 1 fully saturated rings. The molecule has 98 valence electrons. The summed E-state index contributed by atoms with van der Waals surface area (Å²) in [6.07, 6.45) is 3.29. The standard InChI is InChI=1S/C11H10N4O3S/c12-8(16)6-7(11-13-3-4-19-11)15-18-10(6)14-9(17)5-1-2-5/h3-5H,1-2H2,(H2,12,16)(H,14,17). The van der Waals surface area contributed by atoms with Crippen molar-refractivity contribution in [1.29, 1.82) is 0 Å². The molecule has 2 aromatic rings. The first-order valence-corrected chi connectivity index (χ1v) is 6.55. The largest absolute Gasteiger partial charge is 0.365 e. The average Bonchev–Trinajstić information content (AvgIpc) is 2.92. The predicted octanol–water partition coefficient (Wildman–Crippen LogP) is 1.25. The topological polar surface area (TPSA) is 111 Å². The number of hydrogen-bond donors (Lipinski definition) is 2. The lowest BCUT2D eigenvalue weighted by Crippen LogP contribution is -2.18. The minimum Gasteiger partial charge on any atom is -0.365 e. The van der Waals surface area contributed by atoms with Gasteiger partial charge in [-0.3, -0.25) is 14.9 Å². The fourth-order valence-electron chi connectivity index (χ4n) is 1.65. The van der Waals surface area contributed by atoms with Gasteiger partial charge in [-0.2, -0.15) is 0 Å². The van der Waals surface area contributed by atoms with Gasteiger partial charge in [0.05, 0.1) is 0 Å². The van der Waals surface area contributed by atoms with Crippen molar-refractivity contribution in [3.63, 3.8) is 0 Å². The molecule has 0 unspecified atom stereocenters. The summed E-state index contributed by atoms with van der Waals surface area (Å²) in [6, 6.07) is 0. The smallest absolute Gasteiger partial charge is 0.256 e. The first-order chi connectivity index (χ1) is 9.16. The van der Waals surface area contributed by atoms with Crippen LogP contribution in [0.5, 0.6) is 0 Å². The molecule has 2 amide bonds. The number of rotatable bonds is 4. The molecular formula is C11H10N4O3S. The Morgan fingerprint density at radius 3 is 2.84 bits per heavy atom. The lowest BCUT2D eigenvalue weighted by atomic mass is 10.2. The van der Waals surface area contributed by atoms with E-state index in [1.165, 1.54) is 11.3 Å². The van der Waals surface area contributed by atoms with Crippen LogP contribution >= 0.6 is 11.3 Å². The average molecular weight is 278 g/mol. The number of carbonyl (C=O) groups excluding carboxylic acids is 2. The van der Waals surface area contributed by atoms with Crippen LogP contribution in [0.1, 0.15) is 23.2 Å². The second-order valence-electron chi connectivity index (χ2n) is 4.20. The Balaban J connectivity index is 1.96. The van der Waals surface area contributed by atoms with E-state index in [4.69, 9.17) is 10.3 Å². The highest BCUT2D eigenvalue weighted by atomic mass is 32.1. The number of carbonyl (C=O) groups is 2. The van der Waals surface area contributed by atoms with E-state index >= 15 is 0 Å². The van der Waals surface area contributed by atoms with Gasteiger partial charge in [-0.05, 0) is 12.8 Å². The van der Waals surface area contributed by atoms with Crippen molar-refractivity contribution >= 4 is 29.0 Å². The van der Waals surface area contributed by atoms with E-state index in [2.05, 4.69) is 15.5 Å². The van der Waals surface area contributed by atoms with Gasteiger partial charge in [-0.15, -0.1) is 11.3 Å². The summed E-state index contributed by atoms with van der Waals surface area (Å²) in [6.45, 7) is 0. The first-order valence-electron chi connectivity index (χ1n) is 5.67. The molecule has 0 radical (unpaired) electrons. The van der Waals surface area contributed by atoms with Gasteiger partial charge in [0.2, 0.25) is 11.8 Å². The maximum atomic E-state index is 11.7. The van der Waals surface area contributed by atoms with Crippen molar-refractivity contribution < 1.29 is 14.1 Å². The Morgan fingerprint density at radius 2 is 2.26 bits per heavy atom. The van der Waals surface area contributed by atoms with Crippen LogP contribution in [0.25, 0.3) is 10.7 Å². The van der Waals surface area contributed by atoms with Crippen LogP contribution in [-0.2, 0) is 4.79 Å². The lowest BCUT2D eigenvalue weighted by Gasteiger charge is -2.00. The van der Waals surface area contributed by atoms with E-state index in [9.17, 15) is 9.59 Å². The van der Waals surface area contributed by atoms with E-state index in [1.807, 2.05) is 0 Å². The molecule has 0 saturated heterocycles. The number of primary amides is 1.